The lowest BCUT2D eigenvalue weighted by atomic mass is 9.77. The molecule has 14 aromatic rings. The maximum absolute atomic E-state index is 6.97. The predicted octanol–water partition coefficient (Wildman–Crippen LogP) is 19.3. The number of aliphatic imine (C=N–C) groups is 1. The minimum Gasteiger partial charge on any atom is -0.456 e. The third-order valence-corrected chi connectivity index (χ3v) is 17.2. The van der Waals surface area contributed by atoms with Crippen molar-refractivity contribution < 1.29 is 4.42 Å². The van der Waals surface area contributed by atoms with Crippen molar-refractivity contribution >= 4 is 130 Å². The van der Waals surface area contributed by atoms with Crippen molar-refractivity contribution in [3.8, 4) is 5.69 Å². The predicted molar refractivity (Wildman–Crippen MR) is 309 cm³/mol. The normalized spacial score (nSPS) is 18.2. The molecular weight excluding hydrogens is 893 g/mol. The van der Waals surface area contributed by atoms with Gasteiger partial charge in [-0.15, -0.1) is 11.3 Å². The van der Waals surface area contributed by atoms with E-state index < -0.39 is 0 Å². The molecule has 1 aliphatic heterocycles. The van der Waals surface area contributed by atoms with E-state index in [2.05, 4.69) is 231 Å². The lowest BCUT2D eigenvalue weighted by Crippen LogP contribution is -2.23. The number of fused-ring (bicyclic) bond motifs is 14. The summed E-state index contributed by atoms with van der Waals surface area (Å²) in [5.74, 6) is 0.109. The summed E-state index contributed by atoms with van der Waals surface area (Å²) in [6.07, 6.45) is 4.31. The minimum absolute atomic E-state index is 0.0472. The van der Waals surface area contributed by atoms with Crippen LogP contribution < -0.4 is 0 Å². The first-order chi connectivity index (χ1) is 35.6. The van der Waals surface area contributed by atoms with E-state index in [-0.39, 0.29) is 17.9 Å². The highest BCUT2D eigenvalue weighted by Crippen LogP contribution is 2.49. The van der Waals surface area contributed by atoms with E-state index >= 15 is 0 Å². The fourth-order valence-electron chi connectivity index (χ4n) is 12.5. The summed E-state index contributed by atoms with van der Waals surface area (Å²) in [5.41, 5.74) is 11.4. The zero-order valence-electron chi connectivity index (χ0n) is 40.1. The average Bonchev–Trinajstić information content (AvgIpc) is 4.09. The van der Waals surface area contributed by atoms with Crippen LogP contribution >= 0.6 is 11.3 Å². The van der Waals surface area contributed by atoms with Gasteiger partial charge in [0, 0.05) is 70.4 Å². The van der Waals surface area contributed by atoms with Gasteiger partial charge < -0.3 is 8.98 Å². The number of thiophene rings is 1. The molecule has 4 heteroatoms. The number of hydrogen-bond donors (Lipinski definition) is 0. The van der Waals surface area contributed by atoms with Crippen LogP contribution in [0.1, 0.15) is 49.4 Å². The lowest BCUT2D eigenvalue weighted by Gasteiger charge is -2.32. The number of nitrogens with zero attached hydrogens (tertiary/aromatic N) is 2. The molecule has 0 aliphatic carbocycles. The van der Waals surface area contributed by atoms with Crippen LogP contribution in [0.15, 0.2) is 222 Å². The van der Waals surface area contributed by atoms with Crippen LogP contribution in [0, 0.1) is 11.8 Å². The Balaban J connectivity index is 1.07. The van der Waals surface area contributed by atoms with Crippen LogP contribution in [0.2, 0.25) is 0 Å². The molecule has 11 aromatic carbocycles. The summed E-state index contributed by atoms with van der Waals surface area (Å²) in [7, 11) is 0. The van der Waals surface area contributed by atoms with Gasteiger partial charge in [0.05, 0.1) is 22.8 Å². The van der Waals surface area contributed by atoms with E-state index in [9.17, 15) is 0 Å². The van der Waals surface area contributed by atoms with Crippen molar-refractivity contribution in [3.63, 3.8) is 0 Å². The lowest BCUT2D eigenvalue weighted by molar-refractivity contribution is 0.510. The Labute approximate surface area is 420 Å². The molecule has 3 atom stereocenters. The number of aromatic nitrogens is 1. The molecule has 0 radical (unpaired) electrons. The van der Waals surface area contributed by atoms with Gasteiger partial charge in [-0.25, -0.2) is 0 Å². The largest absolute Gasteiger partial charge is 0.456 e. The summed E-state index contributed by atoms with van der Waals surface area (Å²) >= 11 is 1.91. The van der Waals surface area contributed by atoms with E-state index in [0.29, 0.717) is 0 Å². The monoisotopic (exact) mass is 940 g/mol. The molecule has 0 bridgehead atoms. The second-order valence-corrected chi connectivity index (χ2v) is 21.1. The number of rotatable bonds is 5. The molecule has 3 nitrogen and oxygen atoms in total. The third kappa shape index (κ3) is 6.25. The fraction of sp³-hybridized carbons (Fsp3) is 0.103. The van der Waals surface area contributed by atoms with E-state index in [4.69, 9.17) is 9.41 Å². The molecule has 0 amide bonds. The zero-order valence-corrected chi connectivity index (χ0v) is 40.9. The van der Waals surface area contributed by atoms with Gasteiger partial charge in [-0.3, -0.25) is 4.99 Å². The van der Waals surface area contributed by atoms with Gasteiger partial charge in [0.25, 0.3) is 0 Å². The second kappa shape index (κ2) is 16.1. The van der Waals surface area contributed by atoms with Crippen molar-refractivity contribution in [2.75, 3.05) is 0 Å². The summed E-state index contributed by atoms with van der Waals surface area (Å²) in [6, 6.07) is 76.4. The summed E-state index contributed by atoms with van der Waals surface area (Å²) in [4.78, 5) is 6.33. The second-order valence-electron chi connectivity index (χ2n) is 20.0. The Bertz CT molecular complexity index is 4540. The number of para-hydroxylation sites is 2. The molecule has 3 unspecified atom stereocenters. The topological polar surface area (TPSA) is 30.4 Å². The molecule has 0 spiro atoms. The molecule has 3 aromatic heterocycles. The fourth-order valence-corrected chi connectivity index (χ4v) is 13.8. The number of benzene rings is 11. The molecule has 342 valence electrons. The van der Waals surface area contributed by atoms with Gasteiger partial charge in [-0.2, -0.15) is 0 Å². The first-order valence-electron chi connectivity index (χ1n) is 25.5. The van der Waals surface area contributed by atoms with Gasteiger partial charge >= 0.3 is 0 Å². The molecule has 72 heavy (non-hydrogen) atoms. The molecule has 0 N–H and O–H groups in total. The van der Waals surface area contributed by atoms with Gasteiger partial charge in [0.2, 0.25) is 0 Å². The Hall–Kier alpha value is -8.31. The number of furan rings is 1. The van der Waals surface area contributed by atoms with E-state index in [1.54, 1.807) is 0 Å². The molecular formula is C68H48N2OS. The molecule has 4 heterocycles. The van der Waals surface area contributed by atoms with Crippen LogP contribution in [-0.2, 0) is 0 Å². The van der Waals surface area contributed by atoms with Crippen molar-refractivity contribution in [2.45, 2.75) is 32.7 Å². The van der Waals surface area contributed by atoms with Crippen LogP contribution in [0.4, 0.5) is 0 Å². The molecule has 1 aliphatic rings. The minimum atomic E-state index is -0.261. The van der Waals surface area contributed by atoms with Crippen LogP contribution in [-0.4, -0.2) is 10.3 Å². The van der Waals surface area contributed by atoms with Gasteiger partial charge in [-0.1, -0.05) is 184 Å². The van der Waals surface area contributed by atoms with Crippen LogP contribution in [0.25, 0.3) is 118 Å². The smallest absolute Gasteiger partial charge is 0.140 e. The van der Waals surface area contributed by atoms with Crippen LogP contribution in [0.5, 0.6) is 0 Å². The Morgan fingerprint density at radius 3 is 1.83 bits per heavy atom. The molecule has 15 rings (SSSR count). The Morgan fingerprint density at radius 2 is 1.11 bits per heavy atom. The highest BCUT2D eigenvalue weighted by Gasteiger charge is 2.34. The van der Waals surface area contributed by atoms with E-state index in [1.165, 1.54) is 102 Å². The third-order valence-electron chi connectivity index (χ3n) is 16.0. The Kier molecular flexibility index (Phi) is 9.28. The first-order valence-corrected chi connectivity index (χ1v) is 26.3. The highest BCUT2D eigenvalue weighted by molar-refractivity contribution is 7.26. The quantitative estimate of drug-likeness (QED) is 0.169. The van der Waals surface area contributed by atoms with Crippen LogP contribution in [0.3, 0.4) is 0 Å². The van der Waals surface area contributed by atoms with Crippen molar-refractivity contribution in [2.24, 2.45) is 16.8 Å². The van der Waals surface area contributed by atoms with Crippen molar-refractivity contribution in [1.82, 2.24) is 4.57 Å². The average molecular weight is 941 g/mol. The SMILES string of the molecule is CCC1/C(c2cccc3ccccc23)=C/CC(C)/C(c2cc3sc4c5ccccc5ccc4c3cc2-n2c3cc4ccccc4cc3c3cc4ccccc4cc32)=N\C1c1cccc2c1oc1ccccc12. The number of allylic oxidation sites excluding steroid dienone is 1. The standard InChI is InChI=1S/C68H48N2OS/c1-3-47-51(50-26-14-22-41-16-8-10-23-48(41)50)32-30-40(2)65(69-66(47)55-28-15-27-53-52-25-12-13-29-63(52)71-67(53)55)59-39-64-58(54-33-31-42-17-9-11-24-49(42)68(54)72-64)38-62(59)70-60-36-45-20-6-4-18-43(45)34-56(60)57-35-44-19-5-7-21-46(44)37-61(57)70/h4-29,31-40,47,66H,3,30H2,1-2H3/b51-32-,69-65+. The molecule has 0 saturated carbocycles. The van der Waals surface area contributed by atoms with E-state index in [0.717, 1.165) is 51.7 Å². The first kappa shape index (κ1) is 41.5. The van der Waals surface area contributed by atoms with Crippen molar-refractivity contribution in [3.05, 3.63) is 229 Å². The molecule has 0 fully saturated rings. The summed E-state index contributed by atoms with van der Waals surface area (Å²) < 4.78 is 12.1. The highest BCUT2D eigenvalue weighted by atomic mass is 32.1. The van der Waals surface area contributed by atoms with E-state index in [1.807, 2.05) is 11.3 Å². The van der Waals surface area contributed by atoms with Gasteiger partial charge in [0.1, 0.15) is 11.2 Å². The zero-order chi connectivity index (χ0) is 47.6. The number of hydrogen-bond acceptors (Lipinski definition) is 3. The van der Waals surface area contributed by atoms with Gasteiger partial charge in [-0.05, 0) is 110 Å². The van der Waals surface area contributed by atoms with Gasteiger partial charge in [0.15, 0.2) is 0 Å². The summed E-state index contributed by atoms with van der Waals surface area (Å²) in [5, 5.41) is 17.3. The maximum Gasteiger partial charge on any atom is 0.140 e. The molecule has 0 saturated heterocycles. The maximum atomic E-state index is 6.97. The Morgan fingerprint density at radius 1 is 0.514 bits per heavy atom. The van der Waals surface area contributed by atoms with Crippen molar-refractivity contribution in [1.29, 1.82) is 0 Å². The summed E-state index contributed by atoms with van der Waals surface area (Å²) in [6.45, 7) is 4.75.